The minimum Gasteiger partial charge on any atom is -0.611 e. The molecule has 0 spiro atoms. The third-order valence-corrected chi connectivity index (χ3v) is 5.57. The van der Waals surface area contributed by atoms with Crippen LogP contribution in [-0.2, 0) is 21.7 Å². The molecule has 0 amide bonds. The number of rotatable bonds is 3. The molecule has 0 N–H and O–H groups in total. The van der Waals surface area contributed by atoms with E-state index < -0.39 is 22.9 Å². The molecule has 0 aliphatic rings. The van der Waals surface area contributed by atoms with Gasteiger partial charge >= 0.3 is 6.09 Å². The second kappa shape index (κ2) is 7.41. The first-order valence-corrected chi connectivity index (χ1v) is 10.2. The van der Waals surface area contributed by atoms with Gasteiger partial charge in [0.25, 0.3) is 0 Å². The molecule has 0 fully saturated rings. The topological polar surface area (TPSA) is 54.3 Å². The highest BCUT2D eigenvalue weighted by Gasteiger charge is 2.23. The second-order valence-corrected chi connectivity index (χ2v) is 9.28. The van der Waals surface area contributed by atoms with E-state index in [9.17, 15) is 9.35 Å². The molecule has 1 atom stereocenters. The van der Waals surface area contributed by atoms with Gasteiger partial charge in [-0.3, -0.25) is 4.57 Å². The van der Waals surface area contributed by atoms with Crippen LogP contribution in [0.15, 0.2) is 53.6 Å². The van der Waals surface area contributed by atoms with Gasteiger partial charge in [-0.05, 0) is 70.1 Å². The van der Waals surface area contributed by atoms with E-state index in [1.54, 1.807) is 6.20 Å². The first-order chi connectivity index (χ1) is 12.6. The summed E-state index contributed by atoms with van der Waals surface area (Å²) >= 11 is -1.19. The lowest BCUT2D eigenvalue weighted by Gasteiger charge is -2.19. The minimum absolute atomic E-state index is 0.346. The number of carbonyl (C=O) groups excluding carboxylic acids is 1. The van der Waals surface area contributed by atoms with Crippen molar-refractivity contribution in [1.29, 1.82) is 0 Å². The zero-order chi connectivity index (χ0) is 19.8. The van der Waals surface area contributed by atoms with Crippen molar-refractivity contribution >= 4 is 28.2 Å². The van der Waals surface area contributed by atoms with Gasteiger partial charge in [-0.25, -0.2) is 4.79 Å². The number of aryl methyl sites for hydroxylation is 2. The largest absolute Gasteiger partial charge is 0.611 e. The summed E-state index contributed by atoms with van der Waals surface area (Å²) < 4.78 is 19.9. The van der Waals surface area contributed by atoms with Gasteiger partial charge in [-0.2, -0.15) is 0 Å². The highest BCUT2D eigenvalue weighted by molar-refractivity contribution is 7.90. The molecule has 3 rings (SSSR count). The van der Waals surface area contributed by atoms with Crippen LogP contribution < -0.4 is 0 Å². The Labute approximate surface area is 163 Å². The number of hydrogen-bond acceptors (Lipinski definition) is 3. The summed E-state index contributed by atoms with van der Waals surface area (Å²) in [6.07, 6.45) is 1.33. The fourth-order valence-electron chi connectivity index (χ4n) is 2.90. The van der Waals surface area contributed by atoms with Gasteiger partial charge in [-0.15, -0.1) is 0 Å². The van der Waals surface area contributed by atoms with Crippen LogP contribution in [0.4, 0.5) is 4.79 Å². The molecule has 1 heterocycles. The van der Waals surface area contributed by atoms with Gasteiger partial charge < -0.3 is 9.29 Å². The molecule has 0 radical (unpaired) electrons. The van der Waals surface area contributed by atoms with E-state index in [2.05, 4.69) is 0 Å². The fourth-order valence-corrected chi connectivity index (χ4v) is 4.02. The van der Waals surface area contributed by atoms with Crippen molar-refractivity contribution in [2.24, 2.45) is 0 Å². The van der Waals surface area contributed by atoms with E-state index in [4.69, 9.17) is 4.74 Å². The van der Waals surface area contributed by atoms with Crippen molar-refractivity contribution in [2.75, 3.05) is 0 Å². The predicted octanol–water partition coefficient (Wildman–Crippen LogP) is 5.35. The van der Waals surface area contributed by atoms with Gasteiger partial charge in [0.15, 0.2) is 4.90 Å². The molecular weight excluding hydrogens is 358 g/mol. The number of benzene rings is 2. The van der Waals surface area contributed by atoms with Crippen molar-refractivity contribution < 1.29 is 14.1 Å². The molecule has 142 valence electrons. The summed E-state index contributed by atoms with van der Waals surface area (Å²) in [6, 6.07) is 13.6. The van der Waals surface area contributed by atoms with Gasteiger partial charge in [0.1, 0.15) is 11.4 Å². The molecule has 27 heavy (non-hydrogen) atoms. The summed E-state index contributed by atoms with van der Waals surface area (Å²) in [4.78, 5) is 13.4. The smallest absolute Gasteiger partial charge is 0.419 e. The summed E-state index contributed by atoms with van der Waals surface area (Å²) in [5.41, 5.74) is 3.28. The molecule has 2 aromatic carbocycles. The Morgan fingerprint density at radius 1 is 1.07 bits per heavy atom. The van der Waals surface area contributed by atoms with E-state index in [0.717, 1.165) is 32.5 Å². The first kappa shape index (κ1) is 19.5. The molecule has 4 nitrogen and oxygen atoms in total. The highest BCUT2D eigenvalue weighted by atomic mass is 32.2. The van der Waals surface area contributed by atoms with E-state index in [1.807, 2.05) is 77.1 Å². The number of aromatic nitrogens is 1. The highest BCUT2D eigenvalue weighted by Crippen LogP contribution is 2.27. The van der Waals surface area contributed by atoms with Crippen LogP contribution in [0.2, 0.25) is 0 Å². The fraction of sp³-hybridized carbons (Fsp3) is 0.318. The minimum atomic E-state index is -1.19. The van der Waals surface area contributed by atoms with Crippen LogP contribution in [0.25, 0.3) is 10.9 Å². The molecule has 0 aliphatic heterocycles. The van der Waals surface area contributed by atoms with Crippen LogP contribution in [0.1, 0.15) is 37.5 Å². The second-order valence-electron chi connectivity index (χ2n) is 7.83. The third-order valence-electron chi connectivity index (χ3n) is 4.20. The zero-order valence-corrected chi connectivity index (χ0v) is 17.2. The Morgan fingerprint density at radius 3 is 2.33 bits per heavy atom. The summed E-state index contributed by atoms with van der Waals surface area (Å²) in [7, 11) is 0. The Morgan fingerprint density at radius 2 is 1.70 bits per heavy atom. The zero-order valence-electron chi connectivity index (χ0n) is 16.4. The van der Waals surface area contributed by atoms with Gasteiger partial charge in [0.05, 0.1) is 5.52 Å². The lowest BCUT2D eigenvalue weighted by molar-refractivity contribution is 0.0544. The van der Waals surface area contributed by atoms with E-state index in [1.165, 1.54) is 4.57 Å². The van der Waals surface area contributed by atoms with Crippen molar-refractivity contribution in [1.82, 2.24) is 4.57 Å². The molecule has 0 bridgehead atoms. The molecule has 5 heteroatoms. The summed E-state index contributed by atoms with van der Waals surface area (Å²) in [5.74, 6) is 0.346. The number of carbonyl (C=O) groups is 1. The van der Waals surface area contributed by atoms with Gasteiger partial charge in [0, 0.05) is 17.1 Å². The Hall–Kier alpha value is -2.24. The quantitative estimate of drug-likeness (QED) is 0.573. The molecular formula is C22H25NO3S. The predicted molar refractivity (Wildman–Crippen MR) is 110 cm³/mol. The maximum absolute atomic E-state index is 12.8. The number of ether oxygens (including phenoxy) is 1. The van der Waals surface area contributed by atoms with Gasteiger partial charge in [0.2, 0.25) is 0 Å². The number of nitrogens with zero attached hydrogens (tertiary/aromatic N) is 1. The van der Waals surface area contributed by atoms with Crippen LogP contribution in [-0.4, -0.2) is 20.8 Å². The van der Waals surface area contributed by atoms with E-state index in [0.29, 0.717) is 5.75 Å². The average Bonchev–Trinajstić information content (AvgIpc) is 2.92. The maximum atomic E-state index is 12.8. The van der Waals surface area contributed by atoms with Crippen LogP contribution in [0.5, 0.6) is 0 Å². The van der Waals surface area contributed by atoms with E-state index in [-0.39, 0.29) is 0 Å². The SMILES string of the molecule is Cc1ccc([S+]([O-])Cc2cn(C(=O)OC(C)(C)C)c3ccc(C)cc23)cc1. The Kier molecular flexibility index (Phi) is 5.36. The maximum Gasteiger partial charge on any atom is 0.419 e. The van der Waals surface area contributed by atoms with Crippen molar-refractivity contribution in [3.63, 3.8) is 0 Å². The molecule has 1 unspecified atom stereocenters. The number of hydrogen-bond donors (Lipinski definition) is 0. The van der Waals surface area contributed by atoms with Crippen molar-refractivity contribution in [3.8, 4) is 0 Å². The van der Waals surface area contributed by atoms with Crippen LogP contribution >= 0.6 is 0 Å². The Balaban J connectivity index is 1.98. The first-order valence-electron chi connectivity index (χ1n) is 8.93. The summed E-state index contributed by atoms with van der Waals surface area (Å²) in [5, 5.41) is 0.932. The third kappa shape index (κ3) is 4.54. The molecule has 3 aromatic rings. The number of fused-ring (bicyclic) bond motifs is 1. The van der Waals surface area contributed by atoms with Crippen molar-refractivity contribution in [3.05, 3.63) is 65.4 Å². The van der Waals surface area contributed by atoms with Crippen LogP contribution in [0.3, 0.4) is 0 Å². The molecule has 1 aromatic heterocycles. The van der Waals surface area contributed by atoms with Crippen molar-refractivity contribution in [2.45, 2.75) is 50.9 Å². The van der Waals surface area contributed by atoms with Crippen LogP contribution in [0, 0.1) is 13.8 Å². The standard InChI is InChI=1S/C22H25NO3S/c1-15-6-9-18(10-7-15)27(25)14-17-13-23(21(24)26-22(3,4)5)20-11-8-16(2)12-19(17)20/h6-13H,14H2,1-5H3. The average molecular weight is 384 g/mol. The molecule has 0 aliphatic carbocycles. The lowest BCUT2D eigenvalue weighted by Crippen LogP contribution is -2.26. The Bertz CT molecular complexity index is 968. The normalized spacial score (nSPS) is 13.0. The monoisotopic (exact) mass is 383 g/mol. The molecule has 0 saturated carbocycles. The van der Waals surface area contributed by atoms with E-state index >= 15 is 0 Å². The molecule has 0 saturated heterocycles. The lowest BCUT2D eigenvalue weighted by atomic mass is 10.1. The summed E-state index contributed by atoms with van der Waals surface area (Å²) in [6.45, 7) is 9.53. The van der Waals surface area contributed by atoms with Gasteiger partial charge in [-0.1, -0.05) is 29.3 Å².